The molecule has 0 saturated heterocycles. The number of aliphatic carboxylic acids is 2. The summed E-state index contributed by atoms with van der Waals surface area (Å²) in [5.41, 5.74) is 0. The Kier molecular flexibility index (Phi) is 30.0. The molecule has 8 nitrogen and oxygen atoms in total. The van der Waals surface area contributed by atoms with Gasteiger partial charge in [-0.1, -0.05) is 65.2 Å². The van der Waals surface area contributed by atoms with Gasteiger partial charge in [0.25, 0.3) is 0 Å². The van der Waals surface area contributed by atoms with Crippen molar-refractivity contribution in [3.63, 3.8) is 0 Å². The Morgan fingerprint density at radius 1 is 0.581 bits per heavy atom. The van der Waals surface area contributed by atoms with E-state index in [1.54, 1.807) is 0 Å². The van der Waals surface area contributed by atoms with E-state index in [-0.39, 0.29) is 48.9 Å². The van der Waals surface area contributed by atoms with E-state index >= 15 is 0 Å². The molecule has 0 radical (unpaired) electrons. The first-order chi connectivity index (χ1) is 14.3. The number of esters is 2. The SMILES string of the molecule is CCCCCCCOC(=O)/C=C\C(=O)[O-].CCCCCCCOC(=O)/C=C\C(=O)[O-].[Ba+2]. The van der Waals surface area contributed by atoms with Gasteiger partial charge in [0.2, 0.25) is 0 Å². The van der Waals surface area contributed by atoms with Gasteiger partial charge in [-0.05, 0) is 25.0 Å². The van der Waals surface area contributed by atoms with Gasteiger partial charge in [-0.15, -0.1) is 0 Å². The average molecular weight is 564 g/mol. The second-order valence-corrected chi connectivity index (χ2v) is 6.47. The van der Waals surface area contributed by atoms with Crippen molar-refractivity contribution in [2.45, 2.75) is 78.1 Å². The molecule has 0 N–H and O–H groups in total. The average Bonchev–Trinajstić information content (AvgIpc) is 2.70. The third kappa shape index (κ3) is 33.8. The van der Waals surface area contributed by atoms with Crippen molar-refractivity contribution in [1.82, 2.24) is 0 Å². The number of carbonyl (C=O) groups is 4. The van der Waals surface area contributed by atoms with Gasteiger partial charge >= 0.3 is 60.8 Å². The predicted molar refractivity (Wildman–Crippen MR) is 113 cm³/mol. The molecule has 9 heteroatoms. The normalized spacial score (nSPS) is 10.1. The number of hydrogen-bond donors (Lipinski definition) is 0. The smallest absolute Gasteiger partial charge is 0.545 e. The number of carbonyl (C=O) groups excluding carboxylic acids is 4. The molecule has 0 aliphatic heterocycles. The van der Waals surface area contributed by atoms with Gasteiger partial charge in [0.05, 0.1) is 25.2 Å². The summed E-state index contributed by atoms with van der Waals surface area (Å²) in [6.07, 6.45) is 13.8. The molecule has 0 saturated carbocycles. The molecule has 0 spiro atoms. The fraction of sp³-hybridized carbons (Fsp3) is 0.636. The summed E-state index contributed by atoms with van der Waals surface area (Å²) >= 11 is 0. The van der Waals surface area contributed by atoms with E-state index < -0.39 is 23.9 Å². The molecule has 0 aromatic rings. The van der Waals surface area contributed by atoms with Crippen LogP contribution < -0.4 is 10.2 Å². The van der Waals surface area contributed by atoms with Crippen LogP contribution in [0.2, 0.25) is 0 Å². The molecule has 0 atom stereocenters. The van der Waals surface area contributed by atoms with E-state index in [1.165, 1.54) is 25.7 Å². The number of unbranched alkanes of at least 4 members (excludes halogenated alkanes) is 8. The van der Waals surface area contributed by atoms with E-state index in [1.807, 2.05) is 0 Å². The molecule has 0 unspecified atom stereocenters. The molecule has 172 valence electrons. The third-order valence-electron chi connectivity index (χ3n) is 3.70. The molecule has 0 aromatic heterocycles. The van der Waals surface area contributed by atoms with Gasteiger partial charge in [0.15, 0.2) is 0 Å². The fourth-order valence-electron chi connectivity index (χ4n) is 2.13. The number of ether oxygens (including phenoxy) is 2. The zero-order chi connectivity index (χ0) is 23.0. The molecule has 0 rings (SSSR count). The van der Waals surface area contributed by atoms with Gasteiger partial charge in [-0.25, -0.2) is 9.59 Å². The van der Waals surface area contributed by atoms with Crippen molar-refractivity contribution in [2.24, 2.45) is 0 Å². The van der Waals surface area contributed by atoms with Crippen molar-refractivity contribution in [3.8, 4) is 0 Å². The first kappa shape index (κ1) is 34.5. The quantitative estimate of drug-likeness (QED) is 0.119. The van der Waals surface area contributed by atoms with Crippen molar-refractivity contribution < 1.29 is 38.9 Å². The first-order valence-corrected chi connectivity index (χ1v) is 10.4. The standard InChI is InChI=1S/2C11H18O4.Ba/c2*1-2-3-4-5-6-9-15-11(14)8-7-10(12)13;/h2*7-8H,2-6,9H2,1H3,(H,12,13);/q;;+2/p-2/b2*8-7-;. The molecular formula is C22H34BaO8. The summed E-state index contributed by atoms with van der Waals surface area (Å²) in [5, 5.41) is 19.9. The summed E-state index contributed by atoms with van der Waals surface area (Å²) in [5.74, 6) is -4.05. The topological polar surface area (TPSA) is 133 Å². The number of carboxylic acids is 2. The van der Waals surface area contributed by atoms with Crippen LogP contribution >= 0.6 is 0 Å². The Hall–Kier alpha value is -1.07. The van der Waals surface area contributed by atoms with Crippen molar-refractivity contribution in [2.75, 3.05) is 13.2 Å². The van der Waals surface area contributed by atoms with E-state index in [4.69, 9.17) is 9.47 Å². The van der Waals surface area contributed by atoms with Crippen molar-refractivity contribution in [1.29, 1.82) is 0 Å². The minimum atomic E-state index is -1.39. The Morgan fingerprint density at radius 2 is 0.903 bits per heavy atom. The molecule has 0 bridgehead atoms. The summed E-state index contributed by atoms with van der Waals surface area (Å²) in [4.78, 5) is 41.6. The summed E-state index contributed by atoms with van der Waals surface area (Å²) < 4.78 is 9.51. The summed E-state index contributed by atoms with van der Waals surface area (Å²) in [6.45, 7) is 4.95. The maximum atomic E-state index is 10.8. The number of rotatable bonds is 16. The van der Waals surface area contributed by atoms with E-state index in [2.05, 4.69) is 13.8 Å². The minimum Gasteiger partial charge on any atom is -0.545 e. The van der Waals surface area contributed by atoms with Crippen LogP contribution in [0.25, 0.3) is 0 Å². The Morgan fingerprint density at radius 3 is 1.19 bits per heavy atom. The molecule has 31 heavy (non-hydrogen) atoms. The second kappa shape index (κ2) is 27.0. The van der Waals surface area contributed by atoms with Gasteiger partial charge in [-0.3, -0.25) is 0 Å². The summed E-state index contributed by atoms with van der Waals surface area (Å²) in [6, 6.07) is 0. The van der Waals surface area contributed by atoms with Crippen LogP contribution in [-0.2, 0) is 28.7 Å². The Bertz CT molecular complexity index is 496. The van der Waals surface area contributed by atoms with Crippen LogP contribution in [0, 0.1) is 0 Å². The molecule has 0 amide bonds. The minimum absolute atomic E-state index is 0. The Labute approximate surface area is 225 Å². The van der Waals surface area contributed by atoms with Crippen LogP contribution in [0.15, 0.2) is 24.3 Å². The monoisotopic (exact) mass is 564 g/mol. The van der Waals surface area contributed by atoms with Crippen LogP contribution in [0.3, 0.4) is 0 Å². The van der Waals surface area contributed by atoms with Gasteiger partial charge in [0.1, 0.15) is 0 Å². The predicted octanol–water partition coefficient (Wildman–Crippen LogP) is 1.23. The molecular weight excluding hydrogens is 530 g/mol. The van der Waals surface area contributed by atoms with E-state index in [0.29, 0.717) is 25.4 Å². The van der Waals surface area contributed by atoms with Crippen LogP contribution in [0.4, 0.5) is 0 Å². The van der Waals surface area contributed by atoms with Crippen LogP contribution in [0.5, 0.6) is 0 Å². The van der Waals surface area contributed by atoms with Gasteiger partial charge in [0, 0.05) is 12.2 Å². The maximum absolute atomic E-state index is 10.8. The van der Waals surface area contributed by atoms with Crippen molar-refractivity contribution in [3.05, 3.63) is 24.3 Å². The molecule has 0 heterocycles. The number of carboxylic acid groups (broad SMARTS) is 2. The van der Waals surface area contributed by atoms with E-state index in [0.717, 1.165) is 50.7 Å². The van der Waals surface area contributed by atoms with Gasteiger partial charge in [-0.2, -0.15) is 0 Å². The second-order valence-electron chi connectivity index (χ2n) is 6.47. The molecule has 0 fully saturated rings. The maximum Gasteiger partial charge on any atom is 2.00 e. The zero-order valence-corrected chi connectivity index (χ0v) is 23.2. The van der Waals surface area contributed by atoms with Crippen molar-refractivity contribution >= 4 is 72.8 Å². The van der Waals surface area contributed by atoms with Crippen LogP contribution in [-0.4, -0.2) is 86.0 Å². The number of hydrogen-bond acceptors (Lipinski definition) is 8. The molecule has 0 aliphatic rings. The molecule has 0 aliphatic carbocycles. The van der Waals surface area contributed by atoms with Crippen LogP contribution in [0.1, 0.15) is 78.1 Å². The first-order valence-electron chi connectivity index (χ1n) is 10.4. The Balaban J connectivity index is -0.000000490. The molecule has 0 aromatic carbocycles. The summed E-state index contributed by atoms with van der Waals surface area (Å²) in [7, 11) is 0. The van der Waals surface area contributed by atoms with Gasteiger partial charge < -0.3 is 29.3 Å². The van der Waals surface area contributed by atoms with E-state index in [9.17, 15) is 29.4 Å². The third-order valence-corrected chi connectivity index (χ3v) is 3.70. The fourth-order valence-corrected chi connectivity index (χ4v) is 2.13. The largest absolute Gasteiger partial charge is 2.00 e. The zero-order valence-electron chi connectivity index (χ0n) is 18.8.